The number of benzene rings is 1. The number of ether oxygens (including phenoxy) is 2. The highest BCUT2D eigenvalue weighted by Crippen LogP contribution is 2.34. The molecule has 1 heterocycles. The van der Waals surface area contributed by atoms with Gasteiger partial charge in [-0.1, -0.05) is 30.0 Å². The molecule has 0 aromatic heterocycles. The van der Waals surface area contributed by atoms with E-state index in [1.807, 2.05) is 13.0 Å². The molecule has 0 unspecified atom stereocenters. The molecule has 0 bridgehead atoms. The quantitative estimate of drug-likeness (QED) is 0.586. The second kappa shape index (κ2) is 8.16. The lowest BCUT2D eigenvalue weighted by atomic mass is 10.2. The standard InChI is InChI=1S/C16H17NO5S2/c1-3-22-11-5-4-10(8-12(11)21-2)9-13-15(20)17(16(23)24-13)7-6-14(18)19/h4-5,8-9H,3,6-7H2,1-2H3,(H,18,19)/b13-9+. The first-order chi connectivity index (χ1) is 11.5. The van der Waals surface area contributed by atoms with Crippen LogP contribution in [0.15, 0.2) is 23.1 Å². The number of hydrogen-bond acceptors (Lipinski definition) is 6. The van der Waals surface area contributed by atoms with Crippen LogP contribution < -0.4 is 9.47 Å². The van der Waals surface area contributed by atoms with E-state index in [2.05, 4.69) is 0 Å². The molecule has 1 saturated heterocycles. The fourth-order valence-electron chi connectivity index (χ4n) is 2.10. The average Bonchev–Trinajstić information content (AvgIpc) is 2.80. The second-order valence-corrected chi connectivity index (χ2v) is 6.50. The molecule has 8 heteroatoms. The number of amides is 1. The first-order valence-corrected chi connectivity index (χ1v) is 8.46. The fourth-order valence-corrected chi connectivity index (χ4v) is 3.41. The predicted molar refractivity (Wildman–Crippen MR) is 96.3 cm³/mol. The van der Waals surface area contributed by atoms with Gasteiger partial charge in [-0.2, -0.15) is 0 Å². The number of aliphatic carboxylic acids is 1. The van der Waals surface area contributed by atoms with Crippen molar-refractivity contribution < 1.29 is 24.2 Å². The van der Waals surface area contributed by atoms with Gasteiger partial charge in [0, 0.05) is 6.54 Å². The van der Waals surface area contributed by atoms with Gasteiger partial charge in [0.15, 0.2) is 11.5 Å². The van der Waals surface area contributed by atoms with Crippen molar-refractivity contribution in [2.45, 2.75) is 13.3 Å². The number of rotatable bonds is 7. The summed E-state index contributed by atoms with van der Waals surface area (Å²) in [5, 5.41) is 8.75. The van der Waals surface area contributed by atoms with E-state index in [9.17, 15) is 9.59 Å². The van der Waals surface area contributed by atoms with Crippen LogP contribution in [0.4, 0.5) is 0 Å². The zero-order chi connectivity index (χ0) is 17.7. The number of carboxylic acid groups (broad SMARTS) is 1. The molecule has 1 amide bonds. The number of carbonyl (C=O) groups is 2. The van der Waals surface area contributed by atoms with Gasteiger partial charge in [0.1, 0.15) is 4.32 Å². The van der Waals surface area contributed by atoms with Crippen LogP contribution in [0.1, 0.15) is 18.9 Å². The topological polar surface area (TPSA) is 76.1 Å². The Kier molecular flexibility index (Phi) is 6.22. The van der Waals surface area contributed by atoms with Crippen molar-refractivity contribution >= 4 is 46.3 Å². The number of carboxylic acids is 1. The first kappa shape index (κ1) is 18.3. The third-order valence-corrected chi connectivity index (χ3v) is 4.59. The summed E-state index contributed by atoms with van der Waals surface area (Å²) in [5.74, 6) is -0.0403. The van der Waals surface area contributed by atoms with Gasteiger partial charge in [0.25, 0.3) is 5.91 Å². The third kappa shape index (κ3) is 4.27. The molecule has 24 heavy (non-hydrogen) atoms. The molecule has 128 valence electrons. The Hall–Kier alpha value is -2.06. The molecule has 1 aromatic rings. The lowest BCUT2D eigenvalue weighted by molar-refractivity contribution is -0.137. The lowest BCUT2D eigenvalue weighted by Gasteiger charge is -2.12. The Morgan fingerprint density at radius 3 is 2.79 bits per heavy atom. The third-order valence-electron chi connectivity index (χ3n) is 3.21. The molecular weight excluding hydrogens is 350 g/mol. The van der Waals surface area contributed by atoms with Crippen LogP contribution in [0.2, 0.25) is 0 Å². The average molecular weight is 367 g/mol. The Bertz CT molecular complexity index is 702. The van der Waals surface area contributed by atoms with Gasteiger partial charge in [-0.3, -0.25) is 14.5 Å². The molecule has 6 nitrogen and oxygen atoms in total. The lowest BCUT2D eigenvalue weighted by Crippen LogP contribution is -2.30. The SMILES string of the molecule is CCOc1ccc(/C=C2/SC(=S)N(CCC(=O)O)C2=O)cc1OC. The van der Waals surface area contributed by atoms with Gasteiger partial charge < -0.3 is 14.6 Å². The van der Waals surface area contributed by atoms with Crippen LogP contribution in [0.3, 0.4) is 0 Å². The maximum absolute atomic E-state index is 12.4. The van der Waals surface area contributed by atoms with E-state index < -0.39 is 5.97 Å². The summed E-state index contributed by atoms with van der Waals surface area (Å²) in [6, 6.07) is 5.37. The molecule has 1 aliphatic heterocycles. The molecule has 1 aromatic carbocycles. The monoisotopic (exact) mass is 367 g/mol. The summed E-state index contributed by atoms with van der Waals surface area (Å²) in [4.78, 5) is 24.8. The van der Waals surface area contributed by atoms with Crippen molar-refractivity contribution in [3.8, 4) is 11.5 Å². The van der Waals surface area contributed by atoms with E-state index in [0.717, 1.165) is 17.3 Å². The van der Waals surface area contributed by atoms with Gasteiger partial charge >= 0.3 is 5.97 Å². The minimum atomic E-state index is -0.968. The first-order valence-electron chi connectivity index (χ1n) is 7.24. The van der Waals surface area contributed by atoms with Crippen LogP contribution in [-0.2, 0) is 9.59 Å². The molecule has 0 aliphatic carbocycles. The van der Waals surface area contributed by atoms with Crippen molar-refractivity contribution in [3.05, 3.63) is 28.7 Å². The molecule has 1 N–H and O–H groups in total. The van der Waals surface area contributed by atoms with Crippen LogP contribution in [0.5, 0.6) is 11.5 Å². The molecule has 0 atom stereocenters. The van der Waals surface area contributed by atoms with Crippen LogP contribution in [-0.4, -0.2) is 46.5 Å². The van der Waals surface area contributed by atoms with Gasteiger partial charge in [-0.25, -0.2) is 0 Å². The van der Waals surface area contributed by atoms with Crippen LogP contribution in [0.25, 0.3) is 6.08 Å². The predicted octanol–water partition coefficient (Wildman–Crippen LogP) is 2.77. The number of carbonyl (C=O) groups excluding carboxylic acids is 1. The number of thiocarbonyl (C=S) groups is 1. The molecule has 1 aliphatic rings. The number of methoxy groups -OCH3 is 1. The maximum atomic E-state index is 12.4. The zero-order valence-corrected chi connectivity index (χ0v) is 14.9. The summed E-state index contributed by atoms with van der Waals surface area (Å²) in [6.45, 7) is 2.48. The van der Waals surface area contributed by atoms with Crippen LogP contribution in [0, 0.1) is 0 Å². The van der Waals surface area contributed by atoms with E-state index in [1.54, 1.807) is 25.3 Å². The minimum absolute atomic E-state index is 0.0734. The van der Waals surface area contributed by atoms with Crippen molar-refractivity contribution in [3.63, 3.8) is 0 Å². The van der Waals surface area contributed by atoms with E-state index in [0.29, 0.717) is 27.3 Å². The molecule has 0 saturated carbocycles. The van der Waals surface area contributed by atoms with E-state index in [-0.39, 0.29) is 18.9 Å². The molecule has 0 spiro atoms. The number of hydrogen-bond donors (Lipinski definition) is 1. The van der Waals surface area contributed by atoms with Crippen molar-refractivity contribution in [2.24, 2.45) is 0 Å². The minimum Gasteiger partial charge on any atom is -0.493 e. The molecule has 1 fully saturated rings. The maximum Gasteiger partial charge on any atom is 0.305 e. The van der Waals surface area contributed by atoms with E-state index >= 15 is 0 Å². The second-order valence-electron chi connectivity index (χ2n) is 4.82. The largest absolute Gasteiger partial charge is 0.493 e. The molecule has 0 radical (unpaired) electrons. The Morgan fingerprint density at radius 1 is 1.42 bits per heavy atom. The summed E-state index contributed by atoms with van der Waals surface area (Å²) < 4.78 is 11.1. The zero-order valence-electron chi connectivity index (χ0n) is 13.3. The Balaban J connectivity index is 2.20. The highest BCUT2D eigenvalue weighted by molar-refractivity contribution is 8.26. The normalized spacial score (nSPS) is 15.9. The molecule has 2 rings (SSSR count). The fraction of sp³-hybridized carbons (Fsp3) is 0.312. The van der Waals surface area contributed by atoms with Crippen LogP contribution >= 0.6 is 24.0 Å². The van der Waals surface area contributed by atoms with Crippen molar-refractivity contribution in [2.75, 3.05) is 20.3 Å². The van der Waals surface area contributed by atoms with Gasteiger partial charge in [0.05, 0.1) is 25.0 Å². The van der Waals surface area contributed by atoms with Crippen molar-refractivity contribution in [1.82, 2.24) is 4.90 Å². The summed E-state index contributed by atoms with van der Waals surface area (Å²) in [7, 11) is 1.55. The molecular formula is C16H17NO5S2. The van der Waals surface area contributed by atoms with Gasteiger partial charge in [-0.15, -0.1) is 0 Å². The number of thioether (sulfide) groups is 1. The summed E-state index contributed by atoms with van der Waals surface area (Å²) in [5.41, 5.74) is 0.772. The Labute approximate surface area is 149 Å². The van der Waals surface area contributed by atoms with Gasteiger partial charge in [0.2, 0.25) is 0 Å². The smallest absolute Gasteiger partial charge is 0.305 e. The summed E-state index contributed by atoms with van der Waals surface area (Å²) in [6.07, 6.45) is 1.56. The van der Waals surface area contributed by atoms with Gasteiger partial charge in [-0.05, 0) is 30.7 Å². The highest BCUT2D eigenvalue weighted by atomic mass is 32.2. The number of nitrogens with zero attached hydrogens (tertiary/aromatic N) is 1. The summed E-state index contributed by atoms with van der Waals surface area (Å²) >= 11 is 6.32. The van der Waals surface area contributed by atoms with Crippen molar-refractivity contribution in [1.29, 1.82) is 0 Å². The highest BCUT2D eigenvalue weighted by Gasteiger charge is 2.32. The van der Waals surface area contributed by atoms with E-state index in [1.165, 1.54) is 4.90 Å². The van der Waals surface area contributed by atoms with E-state index in [4.69, 9.17) is 26.8 Å². The Morgan fingerprint density at radius 2 is 2.17 bits per heavy atom.